The molecular weight excluding hydrogens is 260 g/mol. The number of nitrogens with one attached hydrogen (secondary N) is 1. The van der Waals surface area contributed by atoms with Crippen molar-refractivity contribution < 1.29 is 9.53 Å². The molecule has 0 aliphatic heterocycles. The third-order valence-electron chi connectivity index (χ3n) is 1.56. The van der Waals surface area contributed by atoms with Crippen LogP contribution >= 0.6 is 35.6 Å². The van der Waals surface area contributed by atoms with Crippen molar-refractivity contribution in [3.63, 3.8) is 0 Å². The maximum Gasteiger partial charge on any atom is 0.239 e. The molecule has 0 saturated heterocycles. The highest BCUT2D eigenvalue weighted by Gasteiger charge is 2.03. The molecule has 84 valence electrons. The molecule has 1 rings (SSSR count). The monoisotopic (exact) mass is 269 g/mol. The molecule has 1 aromatic rings. The molecule has 0 spiro atoms. The highest BCUT2D eigenvalue weighted by atomic mass is 35.5. The highest BCUT2D eigenvalue weighted by Crippen LogP contribution is 2.27. The first kappa shape index (κ1) is 14.4. The number of anilines is 1. The third-order valence-corrected chi connectivity index (χ3v) is 2.10. The Bertz CT molecular complexity index is 344. The van der Waals surface area contributed by atoms with Crippen LogP contribution in [0, 0.1) is 0 Å². The van der Waals surface area contributed by atoms with Gasteiger partial charge in [0.2, 0.25) is 5.91 Å². The van der Waals surface area contributed by atoms with E-state index in [0.29, 0.717) is 16.5 Å². The minimum atomic E-state index is -0.270. The van der Waals surface area contributed by atoms with Crippen molar-refractivity contribution in [1.82, 2.24) is 0 Å². The summed E-state index contributed by atoms with van der Waals surface area (Å²) >= 11 is 11.2. The Morgan fingerprint density at radius 1 is 1.53 bits per heavy atom. The minimum Gasteiger partial charge on any atom is -0.495 e. The molecule has 15 heavy (non-hydrogen) atoms. The van der Waals surface area contributed by atoms with Gasteiger partial charge in [-0.1, -0.05) is 11.6 Å². The van der Waals surface area contributed by atoms with Gasteiger partial charge in [0.1, 0.15) is 11.6 Å². The van der Waals surface area contributed by atoms with Crippen LogP contribution in [0.1, 0.15) is 0 Å². The molecule has 0 unspecified atom stereocenters. The second-order valence-corrected chi connectivity index (χ2v) is 3.21. The van der Waals surface area contributed by atoms with E-state index < -0.39 is 0 Å². The van der Waals surface area contributed by atoms with Gasteiger partial charge in [0.15, 0.2) is 0 Å². The Morgan fingerprint density at radius 2 is 2.20 bits per heavy atom. The summed E-state index contributed by atoms with van der Waals surface area (Å²) in [5.74, 6) is 0.215. The van der Waals surface area contributed by atoms with Crippen molar-refractivity contribution in [2.24, 2.45) is 0 Å². The van der Waals surface area contributed by atoms with E-state index in [1.165, 1.54) is 7.11 Å². The van der Waals surface area contributed by atoms with E-state index in [4.69, 9.17) is 27.9 Å². The van der Waals surface area contributed by atoms with Gasteiger partial charge in [0.25, 0.3) is 0 Å². The lowest BCUT2D eigenvalue weighted by Crippen LogP contribution is -2.12. The summed E-state index contributed by atoms with van der Waals surface area (Å²) < 4.78 is 4.96. The predicted molar refractivity (Wildman–Crippen MR) is 64.6 cm³/mol. The van der Waals surface area contributed by atoms with Crippen molar-refractivity contribution in [1.29, 1.82) is 0 Å². The molecule has 0 saturated carbocycles. The highest BCUT2D eigenvalue weighted by molar-refractivity contribution is 6.32. The van der Waals surface area contributed by atoms with E-state index in [1.54, 1.807) is 18.2 Å². The Labute approximate surface area is 104 Å². The van der Waals surface area contributed by atoms with Crippen LogP contribution in [0.5, 0.6) is 5.75 Å². The number of hydrogen-bond donors (Lipinski definition) is 1. The molecule has 0 aliphatic rings. The van der Waals surface area contributed by atoms with Gasteiger partial charge in [0, 0.05) is 5.69 Å². The first-order valence-corrected chi connectivity index (χ1v) is 4.78. The lowest BCUT2D eigenvalue weighted by molar-refractivity contribution is -0.113. The van der Waals surface area contributed by atoms with Crippen LogP contribution in [0.15, 0.2) is 18.2 Å². The van der Waals surface area contributed by atoms with Crippen molar-refractivity contribution in [3.8, 4) is 5.75 Å². The second kappa shape index (κ2) is 6.77. The van der Waals surface area contributed by atoms with Crippen molar-refractivity contribution in [2.45, 2.75) is 0 Å². The Morgan fingerprint density at radius 3 is 2.67 bits per heavy atom. The molecule has 0 radical (unpaired) electrons. The first-order valence-electron chi connectivity index (χ1n) is 3.86. The molecule has 1 N–H and O–H groups in total. The maximum atomic E-state index is 10.9. The van der Waals surface area contributed by atoms with Crippen LogP contribution in [-0.2, 0) is 4.79 Å². The topological polar surface area (TPSA) is 38.3 Å². The molecule has 0 bridgehead atoms. The largest absolute Gasteiger partial charge is 0.495 e. The number of carbonyl (C=O) groups excluding carboxylic acids is 1. The first-order chi connectivity index (χ1) is 6.67. The smallest absolute Gasteiger partial charge is 0.239 e. The average molecular weight is 271 g/mol. The number of amides is 1. The lowest BCUT2D eigenvalue weighted by Gasteiger charge is -2.06. The molecule has 0 aromatic heterocycles. The summed E-state index contributed by atoms with van der Waals surface area (Å²) in [4.78, 5) is 10.9. The van der Waals surface area contributed by atoms with Crippen molar-refractivity contribution in [2.75, 3.05) is 18.3 Å². The number of ether oxygens (including phenoxy) is 1. The van der Waals surface area contributed by atoms with Crippen LogP contribution in [0.3, 0.4) is 0 Å². The van der Waals surface area contributed by atoms with Crippen LogP contribution in [0.4, 0.5) is 5.69 Å². The molecule has 1 amide bonds. The normalized spacial score (nSPS) is 9.00. The molecule has 0 fully saturated rings. The molecule has 0 aliphatic carbocycles. The Kier molecular flexibility index (Phi) is 6.48. The molecule has 6 heteroatoms. The minimum absolute atomic E-state index is 0. The number of carbonyl (C=O) groups is 1. The molecule has 0 atom stereocenters. The Hall–Kier alpha value is -0.640. The molecule has 0 heterocycles. The van der Waals surface area contributed by atoms with Gasteiger partial charge in [-0.05, 0) is 18.2 Å². The van der Waals surface area contributed by atoms with Crippen LogP contribution in [0.25, 0.3) is 0 Å². The van der Waals surface area contributed by atoms with Gasteiger partial charge in [-0.2, -0.15) is 0 Å². The van der Waals surface area contributed by atoms with E-state index in [1.807, 2.05) is 0 Å². The average Bonchev–Trinajstić information content (AvgIpc) is 2.18. The summed E-state index contributed by atoms with van der Waals surface area (Å²) in [6.07, 6.45) is 0. The van der Waals surface area contributed by atoms with Gasteiger partial charge in [-0.3, -0.25) is 4.79 Å². The van der Waals surface area contributed by atoms with E-state index in [0.717, 1.165) is 0 Å². The number of hydrogen-bond acceptors (Lipinski definition) is 2. The zero-order valence-corrected chi connectivity index (χ0v) is 10.2. The van der Waals surface area contributed by atoms with E-state index in [2.05, 4.69) is 5.32 Å². The van der Waals surface area contributed by atoms with E-state index in [-0.39, 0.29) is 24.2 Å². The summed E-state index contributed by atoms with van der Waals surface area (Å²) in [6, 6.07) is 4.96. The SMILES string of the molecule is COc1ccc(NC(=O)CCl)cc1Cl.Cl. The summed E-state index contributed by atoms with van der Waals surface area (Å²) in [5.41, 5.74) is 0.599. The van der Waals surface area contributed by atoms with Gasteiger partial charge in [0.05, 0.1) is 12.1 Å². The van der Waals surface area contributed by atoms with Crippen molar-refractivity contribution >= 4 is 47.2 Å². The van der Waals surface area contributed by atoms with E-state index in [9.17, 15) is 4.79 Å². The quantitative estimate of drug-likeness (QED) is 0.858. The zero-order valence-electron chi connectivity index (χ0n) is 7.92. The van der Waals surface area contributed by atoms with Gasteiger partial charge in [-0.15, -0.1) is 24.0 Å². The van der Waals surface area contributed by atoms with Gasteiger partial charge >= 0.3 is 0 Å². The van der Waals surface area contributed by atoms with Crippen molar-refractivity contribution in [3.05, 3.63) is 23.2 Å². The fraction of sp³-hybridized carbons (Fsp3) is 0.222. The van der Waals surface area contributed by atoms with Gasteiger partial charge in [-0.25, -0.2) is 0 Å². The molecular formula is C9H10Cl3NO2. The Balaban J connectivity index is 0.00000196. The summed E-state index contributed by atoms with van der Waals surface area (Å²) in [5, 5.41) is 3.02. The van der Waals surface area contributed by atoms with Crippen LogP contribution < -0.4 is 10.1 Å². The second-order valence-electron chi connectivity index (χ2n) is 2.53. The molecule has 1 aromatic carbocycles. The summed E-state index contributed by atoms with van der Waals surface area (Å²) in [6.45, 7) is 0. The fourth-order valence-corrected chi connectivity index (χ4v) is 1.26. The predicted octanol–water partition coefficient (Wildman–Crippen LogP) is 2.95. The van der Waals surface area contributed by atoms with Crippen LogP contribution in [0.2, 0.25) is 5.02 Å². The van der Waals surface area contributed by atoms with Gasteiger partial charge < -0.3 is 10.1 Å². The number of methoxy groups -OCH3 is 1. The van der Waals surface area contributed by atoms with E-state index >= 15 is 0 Å². The number of rotatable bonds is 3. The number of halogens is 3. The number of alkyl halides is 1. The fourth-order valence-electron chi connectivity index (χ4n) is 0.939. The summed E-state index contributed by atoms with van der Waals surface area (Å²) in [7, 11) is 1.53. The molecule has 3 nitrogen and oxygen atoms in total. The number of benzene rings is 1. The lowest BCUT2D eigenvalue weighted by atomic mass is 10.3. The zero-order chi connectivity index (χ0) is 10.6. The maximum absolute atomic E-state index is 10.9. The van der Waals surface area contributed by atoms with Crippen LogP contribution in [-0.4, -0.2) is 18.9 Å². The third kappa shape index (κ3) is 4.16. The standard InChI is InChI=1S/C9H9Cl2NO2.ClH/c1-14-8-3-2-6(4-7(8)11)12-9(13)5-10;/h2-4H,5H2,1H3,(H,12,13);1H.